The summed E-state index contributed by atoms with van der Waals surface area (Å²) in [7, 11) is -4.29. The molecule has 0 radical (unpaired) electrons. The number of hydrogen-bond acceptors (Lipinski definition) is 7. The molecule has 0 amide bonds. The predicted molar refractivity (Wildman–Crippen MR) is 145 cm³/mol. The van der Waals surface area contributed by atoms with E-state index >= 15 is 0 Å². The Labute approximate surface area is 222 Å². The summed E-state index contributed by atoms with van der Waals surface area (Å²) < 4.78 is 40.0. The van der Waals surface area contributed by atoms with Gasteiger partial charge in [-0.1, -0.05) is 25.0 Å². The molecular weight excluding hydrogens is 512 g/mol. The van der Waals surface area contributed by atoms with E-state index in [-0.39, 0.29) is 10.3 Å². The molecule has 0 aromatic heterocycles. The van der Waals surface area contributed by atoms with Gasteiger partial charge in [0.25, 0.3) is 10.1 Å². The fourth-order valence-electron chi connectivity index (χ4n) is 5.49. The number of fused-ring (bicyclic) bond motifs is 2. The van der Waals surface area contributed by atoms with E-state index in [4.69, 9.17) is 5.26 Å². The first-order valence-electron chi connectivity index (χ1n) is 12.1. The standard InChI is InChI=1S/C27H32N2O6S2/c1-7-28-22-14-12-18(36-35-34-30)16-20(22)26(3,4)24(28)10-9-11-25-27(5,6)21-17-19(37(31,32)33)13-15-23(21)29(25)8-2/h9-17H,7-8H2,1-6H3,(H-,30,31,32,33)/p+1. The summed E-state index contributed by atoms with van der Waals surface area (Å²) in [5.74, 6) is 0. The minimum atomic E-state index is -4.29. The van der Waals surface area contributed by atoms with Gasteiger partial charge >= 0.3 is 0 Å². The third-order valence-electron chi connectivity index (χ3n) is 7.33. The molecule has 10 heteroatoms. The van der Waals surface area contributed by atoms with E-state index in [1.54, 1.807) is 12.1 Å². The van der Waals surface area contributed by atoms with Crippen LogP contribution in [0.15, 0.2) is 70.1 Å². The van der Waals surface area contributed by atoms with E-state index in [9.17, 15) is 13.0 Å². The molecule has 0 bridgehead atoms. The molecule has 2 aliphatic rings. The summed E-state index contributed by atoms with van der Waals surface area (Å²) in [6, 6.07) is 10.8. The van der Waals surface area contributed by atoms with Gasteiger partial charge in [0.2, 0.25) is 5.69 Å². The van der Waals surface area contributed by atoms with Crippen LogP contribution in [0.4, 0.5) is 11.4 Å². The van der Waals surface area contributed by atoms with Crippen LogP contribution in [-0.2, 0) is 30.3 Å². The average molecular weight is 546 g/mol. The van der Waals surface area contributed by atoms with Gasteiger partial charge in [-0.15, -0.1) is 4.33 Å². The normalized spacial score (nSPS) is 19.2. The minimum absolute atomic E-state index is 0.0970. The molecule has 0 fully saturated rings. The molecule has 0 atom stereocenters. The van der Waals surface area contributed by atoms with Crippen LogP contribution >= 0.6 is 12.0 Å². The van der Waals surface area contributed by atoms with Crippen molar-refractivity contribution >= 4 is 39.2 Å². The van der Waals surface area contributed by atoms with Crippen LogP contribution in [0.5, 0.6) is 0 Å². The second-order valence-corrected chi connectivity index (χ2v) is 12.3. The van der Waals surface area contributed by atoms with E-state index in [1.807, 2.05) is 18.2 Å². The van der Waals surface area contributed by atoms with E-state index in [1.165, 1.54) is 6.07 Å². The van der Waals surface area contributed by atoms with Crippen LogP contribution in [0, 0.1) is 0 Å². The molecule has 2 aromatic carbocycles. The van der Waals surface area contributed by atoms with Crippen molar-refractivity contribution in [3.05, 3.63) is 71.5 Å². The van der Waals surface area contributed by atoms with Gasteiger partial charge in [-0.2, -0.15) is 13.0 Å². The number of nitrogens with zero attached hydrogens (tertiary/aromatic N) is 2. The third-order valence-corrected chi connectivity index (χ3v) is 8.75. The molecule has 8 nitrogen and oxygen atoms in total. The SMILES string of the molecule is CCN1C(=CC=CC2=[N+](CC)c3ccc(SOOO)cc3C2(C)C)C(C)(C)c2cc(S(=O)(=O)O)ccc21. The molecule has 4 rings (SSSR count). The van der Waals surface area contributed by atoms with Crippen molar-refractivity contribution in [2.45, 2.75) is 62.2 Å². The number of likely N-dealkylation sites (N-methyl/N-ethyl adjacent to an activating group) is 1. The third kappa shape index (κ3) is 4.78. The first-order chi connectivity index (χ1) is 17.4. The fraction of sp³-hybridized carbons (Fsp3) is 0.370. The van der Waals surface area contributed by atoms with E-state index in [0.717, 1.165) is 63.9 Å². The second kappa shape index (κ2) is 10.0. The van der Waals surface area contributed by atoms with Crippen LogP contribution in [0.1, 0.15) is 52.7 Å². The highest BCUT2D eigenvalue weighted by molar-refractivity contribution is 7.94. The Kier molecular flexibility index (Phi) is 7.46. The monoisotopic (exact) mass is 545 g/mol. The molecule has 2 N–H and O–H groups in total. The Hall–Kier alpha value is -2.47. The van der Waals surface area contributed by atoms with Crippen LogP contribution < -0.4 is 4.90 Å². The maximum absolute atomic E-state index is 11.8. The minimum Gasteiger partial charge on any atom is -0.344 e. The number of hydrogen-bond donors (Lipinski definition) is 2. The van der Waals surface area contributed by atoms with Gasteiger partial charge < -0.3 is 4.90 Å². The molecule has 2 aromatic rings. The van der Waals surface area contributed by atoms with Crippen molar-refractivity contribution in [2.75, 3.05) is 18.0 Å². The summed E-state index contributed by atoms with van der Waals surface area (Å²) >= 11 is 0.944. The number of rotatable bonds is 8. The maximum atomic E-state index is 11.8. The first kappa shape index (κ1) is 27.6. The summed E-state index contributed by atoms with van der Waals surface area (Å²) in [5, 5.41) is 12.2. The first-order valence-corrected chi connectivity index (χ1v) is 14.3. The lowest BCUT2D eigenvalue weighted by Gasteiger charge is -2.25. The van der Waals surface area contributed by atoms with Crippen LogP contribution in [0.2, 0.25) is 0 Å². The Morgan fingerprint density at radius 1 is 1.05 bits per heavy atom. The van der Waals surface area contributed by atoms with E-state index in [0.29, 0.717) is 0 Å². The van der Waals surface area contributed by atoms with Crippen LogP contribution in [0.3, 0.4) is 0 Å². The molecule has 198 valence electrons. The molecule has 0 saturated carbocycles. The largest absolute Gasteiger partial charge is 0.344 e. The van der Waals surface area contributed by atoms with Crippen molar-refractivity contribution in [2.24, 2.45) is 0 Å². The van der Waals surface area contributed by atoms with Crippen molar-refractivity contribution < 1.29 is 32.2 Å². The summed E-state index contributed by atoms with van der Waals surface area (Å²) in [5.41, 5.74) is 5.53. The van der Waals surface area contributed by atoms with Gasteiger partial charge in [0.05, 0.1) is 22.4 Å². The van der Waals surface area contributed by atoms with Crippen molar-refractivity contribution in [1.29, 1.82) is 0 Å². The second-order valence-electron chi connectivity index (χ2n) is 10.1. The van der Waals surface area contributed by atoms with E-state index in [2.05, 4.69) is 78.6 Å². The van der Waals surface area contributed by atoms with Crippen molar-refractivity contribution in [1.82, 2.24) is 0 Å². The molecule has 37 heavy (non-hydrogen) atoms. The molecule has 0 aliphatic carbocycles. The molecule has 0 unspecified atom stereocenters. The number of allylic oxidation sites excluding steroid dienone is 4. The van der Waals surface area contributed by atoms with Crippen molar-refractivity contribution in [3.63, 3.8) is 0 Å². The lowest BCUT2D eigenvalue weighted by atomic mass is 9.81. The Morgan fingerprint density at radius 2 is 1.78 bits per heavy atom. The zero-order valence-corrected chi connectivity index (χ0v) is 23.5. The van der Waals surface area contributed by atoms with Gasteiger partial charge in [-0.3, -0.25) is 4.55 Å². The Morgan fingerprint density at radius 3 is 2.41 bits per heavy atom. The van der Waals surface area contributed by atoms with E-state index < -0.39 is 15.5 Å². The van der Waals surface area contributed by atoms with Gasteiger partial charge in [0.1, 0.15) is 6.54 Å². The Balaban J connectivity index is 1.72. The topological polar surface area (TPSA) is 99.3 Å². The highest BCUT2D eigenvalue weighted by Crippen LogP contribution is 2.48. The number of benzene rings is 2. The quantitative estimate of drug-likeness (QED) is 0.137. The zero-order chi connectivity index (χ0) is 27.2. The number of anilines is 1. The zero-order valence-electron chi connectivity index (χ0n) is 21.8. The van der Waals surface area contributed by atoms with Gasteiger partial charge in [0, 0.05) is 45.9 Å². The lowest BCUT2D eigenvalue weighted by molar-refractivity contribution is -0.433. The molecule has 0 spiro atoms. The van der Waals surface area contributed by atoms with Crippen LogP contribution in [0.25, 0.3) is 0 Å². The summed E-state index contributed by atoms with van der Waals surface area (Å²) in [6.07, 6.45) is 6.27. The highest BCUT2D eigenvalue weighted by Gasteiger charge is 2.44. The Bertz CT molecular complexity index is 1420. The van der Waals surface area contributed by atoms with Crippen LogP contribution in [-0.4, -0.2) is 41.6 Å². The maximum Gasteiger partial charge on any atom is 0.294 e. The summed E-state index contributed by atoms with van der Waals surface area (Å²) in [4.78, 5) is 2.90. The lowest BCUT2D eigenvalue weighted by Crippen LogP contribution is -2.28. The van der Waals surface area contributed by atoms with Gasteiger partial charge in [0.15, 0.2) is 5.71 Å². The van der Waals surface area contributed by atoms with Gasteiger partial charge in [-0.25, -0.2) is 5.26 Å². The smallest absolute Gasteiger partial charge is 0.294 e. The van der Waals surface area contributed by atoms with Gasteiger partial charge in [-0.05, 0) is 69.7 Å². The summed E-state index contributed by atoms with van der Waals surface area (Å²) in [6.45, 7) is 14.2. The fourth-order valence-corrected chi connectivity index (χ4v) is 6.39. The van der Waals surface area contributed by atoms with Crippen molar-refractivity contribution in [3.8, 4) is 0 Å². The molecular formula is C27H33N2O6S2+. The highest BCUT2D eigenvalue weighted by atomic mass is 32.2. The molecule has 2 heterocycles. The average Bonchev–Trinajstić information content (AvgIpc) is 3.20. The predicted octanol–water partition coefficient (Wildman–Crippen LogP) is 6.02. The molecule has 0 saturated heterocycles. The molecule has 2 aliphatic heterocycles.